The van der Waals surface area contributed by atoms with E-state index in [0.29, 0.717) is 35.9 Å². The minimum Gasteiger partial charge on any atom is -0.497 e. The van der Waals surface area contributed by atoms with Crippen molar-refractivity contribution in [3.05, 3.63) is 83.7 Å². The van der Waals surface area contributed by atoms with Gasteiger partial charge in [-0.05, 0) is 61.0 Å². The Morgan fingerprint density at radius 1 is 1.00 bits per heavy atom. The zero-order valence-electron chi connectivity index (χ0n) is 18.2. The van der Waals surface area contributed by atoms with Crippen LogP contribution in [0.1, 0.15) is 33.3 Å². The lowest BCUT2D eigenvalue weighted by molar-refractivity contribution is 0.0526. The normalized spacial score (nSPS) is 10.6. The topological polar surface area (TPSA) is 107 Å². The zero-order valence-corrected chi connectivity index (χ0v) is 18.2. The summed E-state index contributed by atoms with van der Waals surface area (Å²) in [5.41, 5.74) is 2.85. The molecule has 1 amide bonds. The minimum atomic E-state index is -0.406. The van der Waals surface area contributed by atoms with Crippen molar-refractivity contribution in [2.24, 2.45) is 0 Å². The number of hydrogen-bond acceptors (Lipinski definition) is 7. The van der Waals surface area contributed by atoms with E-state index in [2.05, 4.69) is 20.7 Å². The van der Waals surface area contributed by atoms with Gasteiger partial charge in [-0.3, -0.25) is 4.79 Å². The minimum absolute atomic E-state index is 0.285. The molecule has 168 valence electrons. The van der Waals surface area contributed by atoms with Gasteiger partial charge in [0.25, 0.3) is 5.91 Å². The second-order valence-corrected chi connectivity index (χ2v) is 7.09. The Hall–Kier alpha value is -4.40. The van der Waals surface area contributed by atoms with Crippen molar-refractivity contribution >= 4 is 29.0 Å². The third-order valence-corrected chi connectivity index (χ3v) is 4.88. The van der Waals surface area contributed by atoms with E-state index in [1.54, 1.807) is 44.4 Å². The number of ether oxygens (including phenoxy) is 2. The highest BCUT2D eigenvalue weighted by Crippen LogP contribution is 2.16. The van der Waals surface area contributed by atoms with E-state index in [1.807, 2.05) is 30.3 Å². The summed E-state index contributed by atoms with van der Waals surface area (Å²) in [5, 5.41) is 10.5. The van der Waals surface area contributed by atoms with E-state index < -0.39 is 5.97 Å². The molecular weight excluding hydrogens is 422 g/mol. The summed E-state index contributed by atoms with van der Waals surface area (Å²) in [4.78, 5) is 28.9. The van der Waals surface area contributed by atoms with Gasteiger partial charge in [0.1, 0.15) is 11.6 Å². The zero-order chi connectivity index (χ0) is 23.2. The molecule has 33 heavy (non-hydrogen) atoms. The summed E-state index contributed by atoms with van der Waals surface area (Å²) in [6.45, 7) is 2.61. The average molecular weight is 445 g/mol. The molecule has 0 aliphatic carbocycles. The van der Waals surface area contributed by atoms with Crippen LogP contribution >= 0.6 is 0 Å². The van der Waals surface area contributed by atoms with Gasteiger partial charge < -0.3 is 20.1 Å². The Labute approximate surface area is 190 Å². The van der Waals surface area contributed by atoms with E-state index in [9.17, 15) is 9.59 Å². The monoisotopic (exact) mass is 445 g/mol. The van der Waals surface area contributed by atoms with Crippen LogP contribution in [0.5, 0.6) is 5.75 Å². The molecule has 4 rings (SSSR count). The van der Waals surface area contributed by atoms with Gasteiger partial charge >= 0.3 is 5.97 Å². The van der Waals surface area contributed by atoms with Crippen LogP contribution in [0.3, 0.4) is 0 Å². The lowest BCUT2D eigenvalue weighted by Crippen LogP contribution is -2.16. The SMILES string of the molecule is CCOC(=O)c1ccc(NC(=O)c2cnc3ccc(NCc4ccc(OC)cc4)nn23)cc1. The van der Waals surface area contributed by atoms with Crippen molar-refractivity contribution in [2.75, 3.05) is 24.4 Å². The first-order valence-corrected chi connectivity index (χ1v) is 10.4. The largest absolute Gasteiger partial charge is 0.497 e. The fraction of sp³-hybridized carbons (Fsp3) is 0.167. The van der Waals surface area contributed by atoms with Crippen LogP contribution in [0.25, 0.3) is 5.65 Å². The summed E-state index contributed by atoms with van der Waals surface area (Å²) in [6.07, 6.45) is 1.47. The summed E-state index contributed by atoms with van der Waals surface area (Å²) in [7, 11) is 1.63. The van der Waals surface area contributed by atoms with Crippen molar-refractivity contribution in [1.29, 1.82) is 0 Å². The van der Waals surface area contributed by atoms with Gasteiger partial charge in [-0.2, -0.15) is 0 Å². The molecule has 0 aliphatic heterocycles. The van der Waals surface area contributed by atoms with Crippen LogP contribution in [0.4, 0.5) is 11.5 Å². The van der Waals surface area contributed by atoms with E-state index in [1.165, 1.54) is 10.7 Å². The number of fused-ring (bicyclic) bond motifs is 1. The molecule has 9 nitrogen and oxygen atoms in total. The van der Waals surface area contributed by atoms with Gasteiger partial charge in [-0.25, -0.2) is 14.3 Å². The highest BCUT2D eigenvalue weighted by atomic mass is 16.5. The molecule has 0 radical (unpaired) electrons. The Balaban J connectivity index is 1.46. The molecule has 0 unspecified atom stereocenters. The van der Waals surface area contributed by atoms with Crippen molar-refractivity contribution in [2.45, 2.75) is 13.5 Å². The third kappa shape index (κ3) is 5.09. The Kier molecular flexibility index (Phi) is 6.49. The van der Waals surface area contributed by atoms with E-state index in [0.717, 1.165) is 11.3 Å². The van der Waals surface area contributed by atoms with Crippen molar-refractivity contribution < 1.29 is 19.1 Å². The summed E-state index contributed by atoms with van der Waals surface area (Å²) < 4.78 is 11.6. The first kappa shape index (κ1) is 21.8. The molecule has 2 aromatic carbocycles. The maximum absolute atomic E-state index is 12.8. The molecule has 0 saturated heterocycles. The van der Waals surface area contributed by atoms with Crippen molar-refractivity contribution in [3.63, 3.8) is 0 Å². The van der Waals surface area contributed by atoms with Gasteiger partial charge in [-0.1, -0.05) is 12.1 Å². The molecule has 0 fully saturated rings. The first-order valence-electron chi connectivity index (χ1n) is 10.4. The third-order valence-electron chi connectivity index (χ3n) is 4.88. The number of methoxy groups -OCH3 is 1. The molecular formula is C24H23N5O4. The molecule has 0 saturated carbocycles. The van der Waals surface area contributed by atoms with Crippen LogP contribution in [-0.4, -0.2) is 40.2 Å². The molecule has 0 atom stereocenters. The number of carbonyl (C=O) groups is 2. The van der Waals surface area contributed by atoms with Crippen LogP contribution < -0.4 is 15.4 Å². The number of benzene rings is 2. The number of hydrogen-bond donors (Lipinski definition) is 2. The number of rotatable bonds is 8. The molecule has 0 aliphatic rings. The van der Waals surface area contributed by atoms with Crippen molar-refractivity contribution in [1.82, 2.24) is 14.6 Å². The van der Waals surface area contributed by atoms with Crippen LogP contribution in [0, 0.1) is 0 Å². The van der Waals surface area contributed by atoms with Crippen LogP contribution in [0.15, 0.2) is 66.9 Å². The maximum atomic E-state index is 12.8. The van der Waals surface area contributed by atoms with Gasteiger partial charge in [0.2, 0.25) is 0 Å². The Morgan fingerprint density at radius 3 is 2.45 bits per heavy atom. The number of anilines is 2. The first-order chi connectivity index (χ1) is 16.1. The molecule has 0 spiro atoms. The fourth-order valence-electron chi connectivity index (χ4n) is 3.16. The number of esters is 1. The number of aromatic nitrogens is 3. The summed E-state index contributed by atoms with van der Waals surface area (Å²) in [6, 6.07) is 17.8. The molecule has 2 N–H and O–H groups in total. The average Bonchev–Trinajstić information content (AvgIpc) is 3.27. The number of carbonyl (C=O) groups excluding carboxylic acids is 2. The lowest BCUT2D eigenvalue weighted by atomic mass is 10.2. The molecule has 9 heteroatoms. The van der Waals surface area contributed by atoms with Gasteiger partial charge in [0.15, 0.2) is 11.3 Å². The predicted octanol–water partition coefficient (Wildman–Crippen LogP) is 3.78. The quantitative estimate of drug-likeness (QED) is 0.398. The van der Waals surface area contributed by atoms with Gasteiger partial charge in [0, 0.05) is 12.2 Å². The highest BCUT2D eigenvalue weighted by Gasteiger charge is 2.15. The highest BCUT2D eigenvalue weighted by molar-refractivity contribution is 6.03. The molecule has 4 aromatic rings. The van der Waals surface area contributed by atoms with Crippen LogP contribution in [-0.2, 0) is 11.3 Å². The second kappa shape index (κ2) is 9.82. The summed E-state index contributed by atoms with van der Waals surface area (Å²) >= 11 is 0. The standard InChI is InChI=1S/C24H23N5O4/c1-3-33-24(31)17-6-8-18(9-7-17)27-23(30)20-15-26-22-13-12-21(28-29(20)22)25-14-16-4-10-19(32-2)11-5-16/h4-13,15H,3,14H2,1-2H3,(H,25,28)(H,27,30). The Morgan fingerprint density at radius 2 is 1.76 bits per heavy atom. The van der Waals surface area contributed by atoms with Gasteiger partial charge in [0.05, 0.1) is 25.5 Å². The lowest BCUT2D eigenvalue weighted by Gasteiger charge is -2.09. The van der Waals surface area contributed by atoms with E-state index in [-0.39, 0.29) is 11.6 Å². The van der Waals surface area contributed by atoms with E-state index >= 15 is 0 Å². The predicted molar refractivity (Wildman–Crippen MR) is 124 cm³/mol. The van der Waals surface area contributed by atoms with Crippen molar-refractivity contribution in [3.8, 4) is 5.75 Å². The summed E-state index contributed by atoms with van der Waals surface area (Å²) in [5.74, 6) is 0.620. The number of imidazole rings is 1. The fourth-order valence-corrected chi connectivity index (χ4v) is 3.16. The number of nitrogens with one attached hydrogen (secondary N) is 2. The van der Waals surface area contributed by atoms with E-state index in [4.69, 9.17) is 9.47 Å². The second-order valence-electron chi connectivity index (χ2n) is 7.09. The van der Waals surface area contributed by atoms with Gasteiger partial charge in [-0.15, -0.1) is 5.10 Å². The van der Waals surface area contributed by atoms with Crippen LogP contribution in [0.2, 0.25) is 0 Å². The smallest absolute Gasteiger partial charge is 0.338 e. The number of amides is 1. The molecule has 2 heterocycles. The maximum Gasteiger partial charge on any atom is 0.338 e. The molecule has 2 aromatic heterocycles. The molecule has 0 bridgehead atoms. The number of nitrogens with zero attached hydrogens (tertiary/aromatic N) is 3. The Bertz CT molecular complexity index is 1270.